The zero-order valence-electron chi connectivity index (χ0n) is 9.24. The zero-order valence-corrected chi connectivity index (χ0v) is 9.24. The number of fused-ring (bicyclic) bond motifs is 1. The van der Waals surface area contributed by atoms with Crippen LogP contribution < -0.4 is 16.2 Å². The van der Waals surface area contributed by atoms with Crippen LogP contribution >= 0.6 is 0 Å². The molecule has 0 aliphatic heterocycles. The molecule has 18 heavy (non-hydrogen) atoms. The van der Waals surface area contributed by atoms with E-state index in [2.05, 4.69) is 10.7 Å². The Bertz CT molecular complexity index is 562. The molecule has 94 valence electrons. The molecule has 2 rings (SSSR count). The third kappa shape index (κ3) is 3.97. The van der Waals surface area contributed by atoms with Gasteiger partial charge in [-0.3, -0.25) is 4.98 Å². The van der Waals surface area contributed by atoms with E-state index >= 15 is 0 Å². The van der Waals surface area contributed by atoms with Gasteiger partial charge in [-0.05, 0) is 12.1 Å². The first-order valence-electron chi connectivity index (χ1n) is 4.80. The largest absolute Gasteiger partial charge is 0.465 e. The molecule has 0 saturated heterocycles. The van der Waals surface area contributed by atoms with E-state index in [0.29, 0.717) is 11.3 Å². The topological polar surface area (TPSA) is 129 Å². The Morgan fingerprint density at radius 1 is 1.17 bits per heavy atom. The number of hydrogen-bond donors (Lipinski definition) is 3. The number of hydrogen-bond acceptors (Lipinski definition) is 4. The van der Waals surface area contributed by atoms with Gasteiger partial charge in [0.15, 0.2) is 5.75 Å². The number of aromatic nitrogens is 1. The Morgan fingerprint density at radius 2 is 1.78 bits per heavy atom. The second-order valence-corrected chi connectivity index (χ2v) is 3.09. The predicted octanol–water partition coefficient (Wildman–Crippen LogP) is 1.32. The fourth-order valence-corrected chi connectivity index (χ4v) is 1.27. The number of pyridine rings is 1. The van der Waals surface area contributed by atoms with Gasteiger partial charge in [0.05, 0.1) is 0 Å². The molecule has 2 amide bonds. The van der Waals surface area contributed by atoms with Crippen LogP contribution in [0.3, 0.4) is 0 Å². The molecule has 0 unspecified atom stereocenters. The Balaban J connectivity index is 0.000000357. The Labute approximate surface area is 102 Å². The maximum atomic E-state index is 10.6. The molecular weight excluding hydrogens is 238 g/mol. The molecule has 0 spiro atoms. The Hall–Kier alpha value is -2.83. The predicted molar refractivity (Wildman–Crippen MR) is 64.2 cm³/mol. The van der Waals surface area contributed by atoms with Crippen LogP contribution in [0.5, 0.6) is 5.75 Å². The summed E-state index contributed by atoms with van der Waals surface area (Å²) in [5.74, 6) is 0.385. The molecule has 0 atom stereocenters. The summed E-state index contributed by atoms with van der Waals surface area (Å²) < 4.78 is 4.80. The minimum atomic E-state index is -1.33. The highest BCUT2D eigenvalue weighted by Crippen LogP contribution is 2.22. The van der Waals surface area contributed by atoms with Gasteiger partial charge >= 0.3 is 12.2 Å². The molecule has 0 aliphatic carbocycles. The molecule has 0 saturated carbocycles. The van der Waals surface area contributed by atoms with E-state index in [1.165, 1.54) is 0 Å². The number of nitrogens with two attached hydrogens (primary N) is 2. The molecule has 0 aliphatic rings. The van der Waals surface area contributed by atoms with Crippen molar-refractivity contribution in [3.63, 3.8) is 0 Å². The molecule has 5 N–H and O–H groups in total. The summed E-state index contributed by atoms with van der Waals surface area (Å²) in [7, 11) is 0. The summed E-state index contributed by atoms with van der Waals surface area (Å²) in [6, 6.07) is 9.02. The van der Waals surface area contributed by atoms with Gasteiger partial charge in [0.1, 0.15) is 5.52 Å². The number of carbonyl (C=O) groups excluding carboxylic acids is 1. The fourth-order valence-electron chi connectivity index (χ4n) is 1.27. The average molecular weight is 249 g/mol. The first-order chi connectivity index (χ1) is 8.50. The van der Waals surface area contributed by atoms with E-state index in [0.717, 1.165) is 5.39 Å². The van der Waals surface area contributed by atoms with Crippen molar-refractivity contribution in [2.75, 3.05) is 0 Å². The smallest absolute Gasteiger partial charge is 0.410 e. The SMILES string of the molecule is NC(=O)O.NC(=O)Oc1cccc2cccnc12. The van der Waals surface area contributed by atoms with Crippen LogP contribution in [0.2, 0.25) is 0 Å². The highest BCUT2D eigenvalue weighted by molar-refractivity contribution is 5.86. The lowest BCUT2D eigenvalue weighted by Gasteiger charge is -2.03. The van der Waals surface area contributed by atoms with Gasteiger partial charge in [-0.25, -0.2) is 9.59 Å². The van der Waals surface area contributed by atoms with E-state index in [-0.39, 0.29) is 0 Å². The third-order valence-corrected chi connectivity index (χ3v) is 1.81. The van der Waals surface area contributed by atoms with Crippen LogP contribution in [0.1, 0.15) is 0 Å². The number of amides is 2. The highest BCUT2D eigenvalue weighted by atomic mass is 16.5. The molecule has 1 aromatic heterocycles. The lowest BCUT2D eigenvalue weighted by molar-refractivity contribution is 0.205. The summed E-state index contributed by atoms with van der Waals surface area (Å²) in [5, 5.41) is 8.10. The second-order valence-electron chi connectivity index (χ2n) is 3.09. The summed E-state index contributed by atoms with van der Waals surface area (Å²) >= 11 is 0. The second kappa shape index (κ2) is 6.04. The molecule has 1 aromatic carbocycles. The lowest BCUT2D eigenvalue weighted by Crippen LogP contribution is -2.16. The summed E-state index contributed by atoms with van der Waals surface area (Å²) in [6.45, 7) is 0. The van der Waals surface area contributed by atoms with Gasteiger partial charge in [-0.1, -0.05) is 18.2 Å². The molecule has 0 radical (unpaired) electrons. The fraction of sp³-hybridized carbons (Fsp3) is 0. The number of nitrogens with zero attached hydrogens (tertiary/aromatic N) is 1. The quantitative estimate of drug-likeness (QED) is 0.701. The van der Waals surface area contributed by atoms with Crippen LogP contribution in [0.15, 0.2) is 36.5 Å². The number of carboxylic acid groups (broad SMARTS) is 1. The van der Waals surface area contributed by atoms with Gasteiger partial charge in [0.2, 0.25) is 0 Å². The van der Waals surface area contributed by atoms with Crippen molar-refractivity contribution >= 4 is 23.1 Å². The Kier molecular flexibility index (Phi) is 4.44. The lowest BCUT2D eigenvalue weighted by atomic mass is 10.2. The summed E-state index contributed by atoms with van der Waals surface area (Å²) in [4.78, 5) is 23.5. The number of para-hydroxylation sites is 1. The van der Waals surface area contributed by atoms with Crippen LogP contribution in [0, 0.1) is 0 Å². The van der Waals surface area contributed by atoms with Crippen LogP contribution in [0.25, 0.3) is 10.9 Å². The van der Waals surface area contributed by atoms with Gasteiger partial charge in [-0.15, -0.1) is 0 Å². The van der Waals surface area contributed by atoms with Gasteiger partial charge in [-0.2, -0.15) is 0 Å². The van der Waals surface area contributed by atoms with E-state index in [1.807, 2.05) is 18.2 Å². The molecule has 0 fully saturated rings. The first-order valence-corrected chi connectivity index (χ1v) is 4.80. The first kappa shape index (κ1) is 13.2. The van der Waals surface area contributed by atoms with Crippen molar-refractivity contribution in [1.82, 2.24) is 4.98 Å². The minimum absolute atomic E-state index is 0.385. The van der Waals surface area contributed by atoms with Gasteiger partial charge in [0, 0.05) is 11.6 Å². The average Bonchev–Trinajstić information content (AvgIpc) is 2.28. The summed E-state index contributed by atoms with van der Waals surface area (Å²) in [5.41, 5.74) is 9.59. The third-order valence-electron chi connectivity index (χ3n) is 1.81. The van der Waals surface area contributed by atoms with Crippen molar-refractivity contribution in [2.45, 2.75) is 0 Å². The zero-order chi connectivity index (χ0) is 13.5. The molecule has 0 bridgehead atoms. The standard InChI is InChI=1S/C10H8N2O2.CH3NO2/c11-10(13)14-8-5-1-3-7-4-2-6-12-9(7)8;2-1(3)4/h1-6H,(H2,11,13);2H2,(H,3,4). The van der Waals surface area contributed by atoms with E-state index in [1.54, 1.807) is 18.3 Å². The van der Waals surface area contributed by atoms with E-state index in [4.69, 9.17) is 20.4 Å². The van der Waals surface area contributed by atoms with E-state index < -0.39 is 12.2 Å². The van der Waals surface area contributed by atoms with Crippen LogP contribution in [-0.2, 0) is 0 Å². The number of carbonyl (C=O) groups is 2. The van der Waals surface area contributed by atoms with Gasteiger partial charge in [0.25, 0.3) is 0 Å². The van der Waals surface area contributed by atoms with Crippen molar-refractivity contribution in [3.05, 3.63) is 36.5 Å². The number of rotatable bonds is 1. The Morgan fingerprint density at radius 3 is 2.39 bits per heavy atom. The maximum absolute atomic E-state index is 10.6. The van der Waals surface area contributed by atoms with E-state index in [9.17, 15) is 4.79 Å². The van der Waals surface area contributed by atoms with Crippen molar-refractivity contribution < 1.29 is 19.4 Å². The molecule has 1 heterocycles. The molecule has 7 heteroatoms. The highest BCUT2D eigenvalue weighted by Gasteiger charge is 2.04. The summed E-state index contributed by atoms with van der Waals surface area (Å²) in [6.07, 6.45) is -0.529. The molecule has 7 nitrogen and oxygen atoms in total. The number of ether oxygens (including phenoxy) is 1. The number of primary amides is 2. The van der Waals surface area contributed by atoms with Crippen molar-refractivity contribution in [1.29, 1.82) is 0 Å². The molecular formula is C11H11N3O4. The number of benzene rings is 1. The molecule has 2 aromatic rings. The maximum Gasteiger partial charge on any atom is 0.410 e. The van der Waals surface area contributed by atoms with Crippen LogP contribution in [0.4, 0.5) is 9.59 Å². The van der Waals surface area contributed by atoms with Crippen molar-refractivity contribution in [2.24, 2.45) is 11.5 Å². The monoisotopic (exact) mass is 249 g/mol. The van der Waals surface area contributed by atoms with Gasteiger partial charge < -0.3 is 21.3 Å². The van der Waals surface area contributed by atoms with Crippen LogP contribution in [-0.4, -0.2) is 22.3 Å². The normalized spacial score (nSPS) is 9.11. The van der Waals surface area contributed by atoms with Crippen molar-refractivity contribution in [3.8, 4) is 5.75 Å². The minimum Gasteiger partial charge on any atom is -0.465 e.